The van der Waals surface area contributed by atoms with Crippen LogP contribution in [0.25, 0.3) is 0 Å². The number of guanidine groups is 1. The van der Waals surface area contributed by atoms with Crippen molar-refractivity contribution in [3.05, 3.63) is 30.3 Å². The van der Waals surface area contributed by atoms with Crippen LogP contribution in [0.1, 0.15) is 34.1 Å². The number of nitrogens with one attached hydrogen (secondary N) is 3. The van der Waals surface area contributed by atoms with Crippen LogP contribution in [0.15, 0.2) is 35.3 Å². The van der Waals surface area contributed by atoms with Gasteiger partial charge in [-0.15, -0.1) is 0 Å². The average Bonchev–Trinajstić information content (AvgIpc) is 2.69. The summed E-state index contributed by atoms with van der Waals surface area (Å²) in [5, 5.41) is 9.47. The molecule has 1 saturated heterocycles. The molecule has 0 unspecified atom stereocenters. The second kappa shape index (κ2) is 11.7. The van der Waals surface area contributed by atoms with Crippen LogP contribution in [0, 0.1) is 0 Å². The Labute approximate surface area is 175 Å². The minimum atomic E-state index is -0.233. The van der Waals surface area contributed by atoms with Crippen molar-refractivity contribution < 1.29 is 4.79 Å². The number of benzene rings is 1. The van der Waals surface area contributed by atoms with Gasteiger partial charge in [0, 0.05) is 50.5 Å². The molecule has 1 aliphatic heterocycles. The summed E-state index contributed by atoms with van der Waals surface area (Å²) < 4.78 is 0. The minimum absolute atomic E-state index is 0.0639. The van der Waals surface area contributed by atoms with E-state index in [4.69, 9.17) is 0 Å². The molecule has 7 nitrogen and oxygen atoms in total. The topological polar surface area (TPSA) is 72.0 Å². The summed E-state index contributed by atoms with van der Waals surface area (Å²) in [4.78, 5) is 21.3. The Bertz CT molecular complexity index is 632. The third kappa shape index (κ3) is 9.17. The molecular weight excluding hydrogens is 364 g/mol. The van der Waals surface area contributed by atoms with Crippen LogP contribution in [0.5, 0.6) is 0 Å². The molecule has 1 aliphatic rings. The Morgan fingerprint density at radius 3 is 2.38 bits per heavy atom. The van der Waals surface area contributed by atoms with Crippen molar-refractivity contribution in [1.82, 2.24) is 20.9 Å². The first-order valence-corrected chi connectivity index (χ1v) is 10.7. The Kier molecular flexibility index (Phi) is 9.25. The summed E-state index contributed by atoms with van der Waals surface area (Å²) in [6.07, 6.45) is 1.05. The molecule has 1 aromatic rings. The SMILES string of the molecule is CCNC(=NCC(=O)NC(C)(C)C)NCCCN1CCN(c2ccccc2)CC1. The van der Waals surface area contributed by atoms with Gasteiger partial charge >= 0.3 is 0 Å². The number of carbonyl (C=O) groups excluding carboxylic acids is 1. The van der Waals surface area contributed by atoms with E-state index in [1.165, 1.54) is 5.69 Å². The smallest absolute Gasteiger partial charge is 0.242 e. The van der Waals surface area contributed by atoms with Crippen molar-refractivity contribution in [2.75, 3.05) is 57.3 Å². The monoisotopic (exact) mass is 402 g/mol. The number of hydrogen-bond acceptors (Lipinski definition) is 4. The van der Waals surface area contributed by atoms with Gasteiger partial charge in [0.1, 0.15) is 6.54 Å². The Balaban J connectivity index is 1.66. The van der Waals surface area contributed by atoms with E-state index in [1.54, 1.807) is 0 Å². The zero-order chi connectivity index (χ0) is 21.1. The van der Waals surface area contributed by atoms with Gasteiger partial charge in [0.05, 0.1) is 0 Å². The molecule has 29 heavy (non-hydrogen) atoms. The molecule has 0 spiro atoms. The predicted octanol–water partition coefficient (Wildman–Crippen LogP) is 1.67. The Morgan fingerprint density at radius 2 is 1.76 bits per heavy atom. The lowest BCUT2D eigenvalue weighted by Gasteiger charge is -2.36. The summed E-state index contributed by atoms with van der Waals surface area (Å²) in [6, 6.07) is 10.6. The number of rotatable bonds is 8. The van der Waals surface area contributed by atoms with Crippen molar-refractivity contribution in [3.8, 4) is 0 Å². The van der Waals surface area contributed by atoms with Crippen LogP contribution >= 0.6 is 0 Å². The first-order chi connectivity index (χ1) is 13.9. The quantitative estimate of drug-likeness (QED) is 0.351. The van der Waals surface area contributed by atoms with E-state index in [0.717, 1.165) is 52.2 Å². The van der Waals surface area contributed by atoms with Crippen LogP contribution < -0.4 is 20.9 Å². The highest BCUT2D eigenvalue weighted by molar-refractivity contribution is 5.85. The van der Waals surface area contributed by atoms with Crippen LogP contribution in [-0.4, -0.2) is 74.7 Å². The summed E-state index contributed by atoms with van der Waals surface area (Å²) in [5.41, 5.74) is 1.08. The second-order valence-electron chi connectivity index (χ2n) is 8.44. The number of aliphatic imine (C=N–C) groups is 1. The van der Waals surface area contributed by atoms with E-state index in [9.17, 15) is 4.79 Å². The summed E-state index contributed by atoms with van der Waals surface area (Å²) >= 11 is 0. The first kappa shape index (κ1) is 23.0. The van der Waals surface area contributed by atoms with E-state index in [1.807, 2.05) is 27.7 Å². The molecule has 0 aromatic heterocycles. The largest absolute Gasteiger partial charge is 0.369 e. The number of piperazine rings is 1. The zero-order valence-corrected chi connectivity index (χ0v) is 18.5. The molecule has 3 N–H and O–H groups in total. The van der Waals surface area contributed by atoms with E-state index in [-0.39, 0.29) is 18.0 Å². The van der Waals surface area contributed by atoms with Crippen LogP contribution in [-0.2, 0) is 4.79 Å². The number of amides is 1. The first-order valence-electron chi connectivity index (χ1n) is 10.7. The Morgan fingerprint density at radius 1 is 1.07 bits per heavy atom. The van der Waals surface area contributed by atoms with Crippen molar-refractivity contribution in [3.63, 3.8) is 0 Å². The summed E-state index contributed by atoms with van der Waals surface area (Å²) in [6.45, 7) is 15.1. The van der Waals surface area contributed by atoms with Gasteiger partial charge in [0.25, 0.3) is 0 Å². The van der Waals surface area contributed by atoms with Crippen LogP contribution in [0.2, 0.25) is 0 Å². The van der Waals surface area contributed by atoms with Gasteiger partial charge in [-0.3, -0.25) is 9.69 Å². The standard InChI is InChI=1S/C22H38N6O/c1-5-23-21(25-18-20(29)26-22(2,3)4)24-12-9-13-27-14-16-28(17-15-27)19-10-7-6-8-11-19/h6-8,10-11H,5,9,12-18H2,1-4H3,(H,26,29)(H2,23,24,25). The number of carbonyl (C=O) groups is 1. The fraction of sp³-hybridized carbons (Fsp3) is 0.636. The van der Waals surface area contributed by atoms with Gasteiger partial charge in [0.15, 0.2) is 5.96 Å². The van der Waals surface area contributed by atoms with Gasteiger partial charge in [-0.2, -0.15) is 0 Å². The summed E-state index contributed by atoms with van der Waals surface area (Å²) in [5.74, 6) is 0.636. The third-order valence-electron chi connectivity index (χ3n) is 4.68. The van der Waals surface area contributed by atoms with Gasteiger partial charge in [0.2, 0.25) is 5.91 Å². The molecule has 2 rings (SSSR count). The molecule has 1 aromatic carbocycles. The zero-order valence-electron chi connectivity index (χ0n) is 18.5. The fourth-order valence-corrected chi connectivity index (χ4v) is 3.33. The number of nitrogens with zero attached hydrogens (tertiary/aromatic N) is 3. The lowest BCUT2D eigenvalue weighted by molar-refractivity contribution is -0.121. The molecule has 0 atom stereocenters. The second-order valence-corrected chi connectivity index (χ2v) is 8.44. The molecule has 1 fully saturated rings. The lowest BCUT2D eigenvalue weighted by Crippen LogP contribution is -2.47. The third-order valence-corrected chi connectivity index (χ3v) is 4.68. The van der Waals surface area contributed by atoms with Crippen molar-refractivity contribution in [1.29, 1.82) is 0 Å². The van der Waals surface area contributed by atoms with Crippen molar-refractivity contribution in [2.24, 2.45) is 4.99 Å². The molecule has 162 valence electrons. The molecule has 1 amide bonds. The molecule has 0 saturated carbocycles. The maximum atomic E-state index is 11.9. The lowest BCUT2D eigenvalue weighted by atomic mass is 10.1. The molecule has 0 aliphatic carbocycles. The highest BCUT2D eigenvalue weighted by Gasteiger charge is 2.16. The fourth-order valence-electron chi connectivity index (χ4n) is 3.33. The molecule has 0 radical (unpaired) electrons. The minimum Gasteiger partial charge on any atom is -0.369 e. The number of anilines is 1. The Hall–Kier alpha value is -2.28. The molecule has 7 heteroatoms. The maximum absolute atomic E-state index is 11.9. The number of hydrogen-bond donors (Lipinski definition) is 3. The van der Waals surface area contributed by atoms with E-state index in [2.05, 4.69) is 61.1 Å². The van der Waals surface area contributed by atoms with E-state index in [0.29, 0.717) is 5.96 Å². The predicted molar refractivity (Wildman–Crippen MR) is 122 cm³/mol. The van der Waals surface area contributed by atoms with Crippen LogP contribution in [0.4, 0.5) is 5.69 Å². The van der Waals surface area contributed by atoms with E-state index >= 15 is 0 Å². The van der Waals surface area contributed by atoms with Crippen LogP contribution in [0.3, 0.4) is 0 Å². The van der Waals surface area contributed by atoms with Crippen molar-refractivity contribution >= 4 is 17.6 Å². The van der Waals surface area contributed by atoms with Crippen molar-refractivity contribution in [2.45, 2.75) is 39.7 Å². The van der Waals surface area contributed by atoms with Gasteiger partial charge in [-0.25, -0.2) is 4.99 Å². The molecular formula is C22H38N6O. The average molecular weight is 403 g/mol. The van der Waals surface area contributed by atoms with Gasteiger partial charge in [-0.1, -0.05) is 18.2 Å². The molecule has 1 heterocycles. The van der Waals surface area contributed by atoms with Gasteiger partial charge < -0.3 is 20.9 Å². The highest BCUT2D eigenvalue weighted by Crippen LogP contribution is 2.15. The number of para-hydroxylation sites is 1. The maximum Gasteiger partial charge on any atom is 0.242 e. The van der Waals surface area contributed by atoms with Gasteiger partial charge in [-0.05, 0) is 52.8 Å². The highest BCUT2D eigenvalue weighted by atomic mass is 16.2. The normalized spacial score (nSPS) is 15.9. The molecule has 0 bridgehead atoms. The van der Waals surface area contributed by atoms with E-state index < -0.39 is 0 Å². The summed E-state index contributed by atoms with van der Waals surface area (Å²) in [7, 11) is 0.